The van der Waals surface area contributed by atoms with Crippen LogP contribution in [-0.4, -0.2) is 17.6 Å². The standard InChI is InChI=1S/C22H19NO3/c1-11-6-5-9-16(12(11)2)23-21(25)19-15-10-17(24)18(20(19)22(23)26)14-8-4-3-7-13(14)15/h3-9,15,18-20H,10H2,1-2H3/t15-,18+,19-,20+/m0/s1. The number of fused-ring (bicyclic) bond motifs is 1. The summed E-state index contributed by atoms with van der Waals surface area (Å²) in [5.74, 6) is -1.90. The number of imide groups is 1. The lowest BCUT2D eigenvalue weighted by molar-refractivity contribution is -0.134. The van der Waals surface area contributed by atoms with Crippen LogP contribution in [0.1, 0.15) is 40.5 Å². The van der Waals surface area contributed by atoms with Crippen molar-refractivity contribution in [2.45, 2.75) is 32.1 Å². The Kier molecular flexibility index (Phi) is 3.06. The Balaban J connectivity index is 1.68. The van der Waals surface area contributed by atoms with Gasteiger partial charge in [-0.2, -0.15) is 0 Å². The van der Waals surface area contributed by atoms with Crippen molar-refractivity contribution in [2.75, 3.05) is 4.90 Å². The molecular weight excluding hydrogens is 326 g/mol. The van der Waals surface area contributed by atoms with Gasteiger partial charge in [0.15, 0.2) is 0 Å². The first kappa shape index (κ1) is 15.5. The number of nitrogens with zero attached hydrogens (tertiary/aromatic N) is 1. The summed E-state index contributed by atoms with van der Waals surface area (Å²) in [7, 11) is 0. The van der Waals surface area contributed by atoms with Crippen molar-refractivity contribution in [3.05, 3.63) is 64.7 Å². The summed E-state index contributed by atoms with van der Waals surface area (Å²) >= 11 is 0. The highest BCUT2D eigenvalue weighted by Crippen LogP contribution is 2.57. The fourth-order valence-corrected chi connectivity index (χ4v) is 5.17. The lowest BCUT2D eigenvalue weighted by Gasteiger charge is -2.43. The molecule has 0 aromatic heterocycles. The van der Waals surface area contributed by atoms with Crippen molar-refractivity contribution in [3.63, 3.8) is 0 Å². The largest absolute Gasteiger partial charge is 0.299 e. The molecule has 130 valence electrons. The van der Waals surface area contributed by atoms with Crippen molar-refractivity contribution in [1.82, 2.24) is 0 Å². The molecule has 4 nitrogen and oxygen atoms in total. The molecule has 0 spiro atoms. The van der Waals surface area contributed by atoms with Gasteiger partial charge in [0.25, 0.3) is 0 Å². The molecule has 4 aliphatic rings. The molecule has 1 saturated carbocycles. The zero-order valence-corrected chi connectivity index (χ0v) is 14.7. The fourth-order valence-electron chi connectivity index (χ4n) is 5.17. The summed E-state index contributed by atoms with van der Waals surface area (Å²) in [6, 6.07) is 13.5. The van der Waals surface area contributed by atoms with Gasteiger partial charge >= 0.3 is 0 Å². The maximum Gasteiger partial charge on any atom is 0.238 e. The van der Waals surface area contributed by atoms with E-state index in [1.807, 2.05) is 56.3 Å². The average Bonchev–Trinajstić information content (AvgIpc) is 2.90. The van der Waals surface area contributed by atoms with E-state index in [0.29, 0.717) is 12.1 Å². The Bertz CT molecular complexity index is 993. The number of carbonyl (C=O) groups is 3. The van der Waals surface area contributed by atoms with E-state index in [0.717, 1.165) is 22.3 Å². The minimum Gasteiger partial charge on any atom is -0.299 e. The van der Waals surface area contributed by atoms with Gasteiger partial charge in [-0.1, -0.05) is 36.4 Å². The van der Waals surface area contributed by atoms with Crippen molar-refractivity contribution in [2.24, 2.45) is 11.8 Å². The Morgan fingerprint density at radius 3 is 2.31 bits per heavy atom. The third kappa shape index (κ3) is 1.77. The number of aryl methyl sites for hydroxylation is 1. The first-order chi connectivity index (χ1) is 12.5. The number of Topliss-reactive ketones (excluding diaryl/α,β-unsaturated/α-hetero) is 1. The molecule has 6 rings (SSSR count). The van der Waals surface area contributed by atoms with Crippen LogP contribution in [0, 0.1) is 25.7 Å². The number of ketones is 1. The second kappa shape index (κ2) is 5.13. The molecule has 0 radical (unpaired) electrons. The molecule has 4 heteroatoms. The zero-order chi connectivity index (χ0) is 18.2. The van der Waals surface area contributed by atoms with Crippen LogP contribution in [0.5, 0.6) is 0 Å². The molecule has 0 N–H and O–H groups in total. The summed E-state index contributed by atoms with van der Waals surface area (Å²) < 4.78 is 0. The van der Waals surface area contributed by atoms with Gasteiger partial charge in [0.05, 0.1) is 23.4 Å². The van der Waals surface area contributed by atoms with E-state index in [1.165, 1.54) is 4.90 Å². The number of anilines is 1. The van der Waals surface area contributed by atoms with Gasteiger partial charge in [-0.15, -0.1) is 0 Å². The van der Waals surface area contributed by atoms with E-state index in [4.69, 9.17) is 0 Å². The Morgan fingerprint density at radius 1 is 0.846 bits per heavy atom. The fraction of sp³-hybridized carbons (Fsp3) is 0.318. The number of benzene rings is 2. The normalized spacial score (nSPS) is 29.2. The highest BCUT2D eigenvalue weighted by molar-refractivity contribution is 6.25. The van der Waals surface area contributed by atoms with E-state index in [1.54, 1.807) is 0 Å². The van der Waals surface area contributed by atoms with Crippen molar-refractivity contribution in [1.29, 1.82) is 0 Å². The monoisotopic (exact) mass is 345 g/mol. The van der Waals surface area contributed by atoms with Gasteiger partial charge < -0.3 is 0 Å². The molecule has 1 heterocycles. The molecule has 3 aliphatic carbocycles. The first-order valence-electron chi connectivity index (χ1n) is 9.06. The van der Waals surface area contributed by atoms with Gasteiger partial charge in [0.1, 0.15) is 5.78 Å². The molecule has 2 aromatic carbocycles. The van der Waals surface area contributed by atoms with Gasteiger partial charge in [0.2, 0.25) is 11.8 Å². The predicted octanol–water partition coefficient (Wildman–Crippen LogP) is 3.26. The van der Waals surface area contributed by atoms with Crippen LogP contribution in [0.4, 0.5) is 5.69 Å². The van der Waals surface area contributed by atoms with Crippen LogP contribution in [0.15, 0.2) is 42.5 Å². The molecule has 4 atom stereocenters. The second-order valence-electron chi connectivity index (χ2n) is 7.67. The molecule has 26 heavy (non-hydrogen) atoms. The van der Waals surface area contributed by atoms with Gasteiger partial charge in [-0.3, -0.25) is 14.4 Å². The lowest BCUT2D eigenvalue weighted by atomic mass is 9.56. The number of amides is 2. The predicted molar refractivity (Wildman–Crippen MR) is 96.9 cm³/mol. The topological polar surface area (TPSA) is 54.5 Å². The molecule has 2 aromatic rings. The molecule has 2 bridgehead atoms. The number of hydrogen-bond donors (Lipinski definition) is 0. The summed E-state index contributed by atoms with van der Waals surface area (Å²) in [5.41, 5.74) is 4.65. The third-order valence-corrected chi connectivity index (χ3v) is 6.51. The van der Waals surface area contributed by atoms with E-state index >= 15 is 0 Å². The van der Waals surface area contributed by atoms with Crippen molar-refractivity contribution >= 4 is 23.3 Å². The zero-order valence-electron chi connectivity index (χ0n) is 14.7. The maximum atomic E-state index is 13.3. The molecule has 1 aliphatic heterocycles. The molecule has 0 unspecified atom stereocenters. The van der Waals surface area contributed by atoms with Gasteiger partial charge in [-0.25, -0.2) is 4.90 Å². The lowest BCUT2D eigenvalue weighted by Crippen LogP contribution is -2.44. The summed E-state index contributed by atoms with van der Waals surface area (Å²) in [6.45, 7) is 3.90. The minimum absolute atomic E-state index is 0.0962. The Hall–Kier alpha value is -2.75. The highest BCUT2D eigenvalue weighted by atomic mass is 16.2. The van der Waals surface area contributed by atoms with Crippen LogP contribution >= 0.6 is 0 Å². The van der Waals surface area contributed by atoms with Crippen LogP contribution < -0.4 is 4.90 Å². The maximum absolute atomic E-state index is 13.3. The number of rotatable bonds is 1. The van der Waals surface area contributed by atoms with E-state index in [9.17, 15) is 14.4 Å². The highest BCUT2D eigenvalue weighted by Gasteiger charge is 2.62. The summed E-state index contributed by atoms with van der Waals surface area (Å²) in [6.07, 6.45) is 0.364. The molecule has 1 saturated heterocycles. The Labute approximate surface area is 151 Å². The van der Waals surface area contributed by atoms with E-state index < -0.39 is 17.8 Å². The first-order valence-corrected chi connectivity index (χ1v) is 9.06. The second-order valence-corrected chi connectivity index (χ2v) is 7.67. The van der Waals surface area contributed by atoms with Crippen LogP contribution in [-0.2, 0) is 14.4 Å². The molecular formula is C22H19NO3. The smallest absolute Gasteiger partial charge is 0.238 e. The van der Waals surface area contributed by atoms with Crippen molar-refractivity contribution in [3.8, 4) is 0 Å². The van der Waals surface area contributed by atoms with Crippen LogP contribution in [0.2, 0.25) is 0 Å². The summed E-state index contributed by atoms with van der Waals surface area (Å²) in [4.78, 5) is 40.7. The quantitative estimate of drug-likeness (QED) is 0.746. The minimum atomic E-state index is -0.552. The number of hydrogen-bond acceptors (Lipinski definition) is 3. The summed E-state index contributed by atoms with van der Waals surface area (Å²) in [5, 5.41) is 0. The van der Waals surface area contributed by atoms with E-state index in [2.05, 4.69) is 0 Å². The van der Waals surface area contributed by atoms with Crippen molar-refractivity contribution < 1.29 is 14.4 Å². The third-order valence-electron chi connectivity index (χ3n) is 6.51. The van der Waals surface area contributed by atoms with E-state index in [-0.39, 0.29) is 23.5 Å². The van der Waals surface area contributed by atoms with Crippen LogP contribution in [0.3, 0.4) is 0 Å². The SMILES string of the molecule is Cc1cccc(N2C(=O)[C@@H]3[C@H](C2=O)[C@H]2C(=O)C[C@H]3c3ccccc32)c1C. The average molecular weight is 345 g/mol. The molecule has 2 amide bonds. The number of carbonyl (C=O) groups excluding carboxylic acids is 3. The van der Waals surface area contributed by atoms with Gasteiger partial charge in [-0.05, 0) is 42.2 Å². The Morgan fingerprint density at radius 2 is 1.54 bits per heavy atom. The molecule has 2 fully saturated rings. The van der Waals surface area contributed by atoms with Gasteiger partial charge in [0, 0.05) is 12.3 Å². The van der Waals surface area contributed by atoms with Crippen LogP contribution in [0.25, 0.3) is 0 Å².